The van der Waals surface area contributed by atoms with Crippen molar-refractivity contribution in [2.75, 3.05) is 19.1 Å². The molecule has 0 fully saturated rings. The number of hydrogen-bond acceptors (Lipinski definition) is 5. The summed E-state index contributed by atoms with van der Waals surface area (Å²) in [5.74, 6) is 1.62. The highest BCUT2D eigenvalue weighted by Gasteiger charge is 2.29. The minimum Gasteiger partial charge on any atom is -0.454 e. The molecule has 0 saturated heterocycles. The van der Waals surface area contributed by atoms with Crippen LogP contribution in [0, 0.1) is 0 Å². The highest BCUT2D eigenvalue weighted by atomic mass is 16.7. The van der Waals surface area contributed by atoms with Gasteiger partial charge < -0.3 is 15.2 Å². The van der Waals surface area contributed by atoms with Crippen molar-refractivity contribution >= 4 is 17.3 Å². The minimum absolute atomic E-state index is 0.0505. The molecule has 4 rings (SSSR count). The Morgan fingerprint density at radius 2 is 1.93 bits per heavy atom. The molecule has 0 aromatic heterocycles. The molecular weight excluding hydrogens is 354 g/mol. The Balaban J connectivity index is 1.83. The molecule has 0 aliphatic carbocycles. The molecule has 2 aliphatic rings. The molecule has 1 atom stereocenters. The predicted octanol–water partition coefficient (Wildman–Crippen LogP) is 3.89. The number of rotatable bonds is 4. The van der Waals surface area contributed by atoms with Crippen molar-refractivity contribution in [1.29, 1.82) is 0 Å². The van der Waals surface area contributed by atoms with Crippen LogP contribution in [0.3, 0.4) is 0 Å². The van der Waals surface area contributed by atoms with Crippen LogP contribution >= 0.6 is 0 Å². The van der Waals surface area contributed by atoms with Crippen LogP contribution in [0.5, 0.6) is 11.5 Å². The fourth-order valence-corrected chi connectivity index (χ4v) is 3.61. The van der Waals surface area contributed by atoms with Gasteiger partial charge in [0.05, 0.1) is 12.3 Å². The number of ether oxygens (including phenoxy) is 2. The van der Waals surface area contributed by atoms with Crippen LogP contribution in [-0.4, -0.2) is 30.0 Å². The Labute approximate surface area is 164 Å². The van der Waals surface area contributed by atoms with Gasteiger partial charge in [-0.1, -0.05) is 32.4 Å². The van der Waals surface area contributed by atoms with Crippen LogP contribution < -0.4 is 15.2 Å². The van der Waals surface area contributed by atoms with Gasteiger partial charge >= 0.3 is 0 Å². The Morgan fingerprint density at radius 1 is 1.21 bits per heavy atom. The lowest BCUT2D eigenvalue weighted by Gasteiger charge is -2.19. The molecule has 2 aromatic carbocycles. The zero-order chi connectivity index (χ0) is 19.7. The fourth-order valence-electron chi connectivity index (χ4n) is 3.61. The molecule has 1 amide bonds. The Hall–Kier alpha value is -3.02. The van der Waals surface area contributed by atoms with Crippen molar-refractivity contribution in [3.05, 3.63) is 53.1 Å². The minimum atomic E-state index is 0.0505. The second-order valence-electron chi connectivity index (χ2n) is 7.34. The van der Waals surface area contributed by atoms with E-state index in [0.29, 0.717) is 24.4 Å². The van der Waals surface area contributed by atoms with Gasteiger partial charge in [0, 0.05) is 29.2 Å². The van der Waals surface area contributed by atoms with E-state index in [0.717, 1.165) is 41.0 Å². The first-order valence-corrected chi connectivity index (χ1v) is 9.75. The number of nitrogens with zero attached hydrogens (tertiary/aromatic N) is 2. The van der Waals surface area contributed by atoms with Crippen molar-refractivity contribution in [3.8, 4) is 11.5 Å². The van der Waals surface area contributed by atoms with Crippen LogP contribution in [0.4, 0.5) is 5.69 Å². The molecule has 2 N–H and O–H groups in total. The molecule has 0 spiro atoms. The van der Waals surface area contributed by atoms with E-state index in [9.17, 15) is 4.79 Å². The zero-order valence-corrected chi connectivity index (χ0v) is 16.3. The topological polar surface area (TPSA) is 77.2 Å². The average molecular weight is 379 g/mol. The van der Waals surface area contributed by atoms with E-state index in [1.165, 1.54) is 0 Å². The van der Waals surface area contributed by atoms with E-state index in [1.54, 1.807) is 5.01 Å². The van der Waals surface area contributed by atoms with Gasteiger partial charge in [-0.15, -0.1) is 0 Å². The monoisotopic (exact) mass is 379 g/mol. The number of carbonyl (C=O) groups excluding carboxylic acids is 1. The van der Waals surface area contributed by atoms with Crippen molar-refractivity contribution in [1.82, 2.24) is 5.01 Å². The third kappa shape index (κ3) is 3.42. The van der Waals surface area contributed by atoms with Crippen LogP contribution in [0.2, 0.25) is 0 Å². The third-order valence-electron chi connectivity index (χ3n) is 5.21. The molecule has 1 unspecified atom stereocenters. The molecular formula is C22H25N3O3. The number of unbranched alkanes of at least 4 members (excludes halogenated alkanes) is 1. The molecule has 6 nitrogen and oxygen atoms in total. The largest absolute Gasteiger partial charge is 0.454 e. The SMILES string of the molecule is CCCCC(=O)N1CC(C)c2cc3c(cc2C(c2ccc(N)cc2)=N1)OCO3. The highest BCUT2D eigenvalue weighted by Crippen LogP contribution is 2.39. The number of hydrogen-bond donors (Lipinski definition) is 1. The van der Waals surface area contributed by atoms with Gasteiger partial charge in [-0.05, 0) is 36.2 Å². The average Bonchev–Trinajstić information content (AvgIpc) is 3.11. The standard InChI is InChI=1S/C22H25N3O3/c1-3-4-5-21(26)25-12-14(2)17-10-19-20(28-13-27-19)11-18(17)22(24-25)15-6-8-16(23)9-7-15/h6-11,14H,3-5,12-13,23H2,1-2H3. The summed E-state index contributed by atoms with van der Waals surface area (Å²) in [6.07, 6.45) is 2.34. The number of amides is 1. The van der Waals surface area contributed by atoms with Crippen LogP contribution in [0.15, 0.2) is 41.5 Å². The molecule has 2 heterocycles. The Bertz CT molecular complexity index is 921. The number of benzene rings is 2. The molecule has 0 saturated carbocycles. The molecule has 2 aliphatic heterocycles. The zero-order valence-electron chi connectivity index (χ0n) is 16.3. The molecule has 146 valence electrons. The number of fused-ring (bicyclic) bond motifs is 2. The van der Waals surface area contributed by atoms with E-state index in [2.05, 4.69) is 13.8 Å². The van der Waals surface area contributed by atoms with Gasteiger partial charge in [-0.2, -0.15) is 5.10 Å². The lowest BCUT2D eigenvalue weighted by Crippen LogP contribution is -2.29. The highest BCUT2D eigenvalue weighted by molar-refractivity contribution is 6.14. The second kappa shape index (κ2) is 7.54. The smallest absolute Gasteiger partial charge is 0.242 e. The number of carbonyl (C=O) groups is 1. The summed E-state index contributed by atoms with van der Waals surface area (Å²) in [6, 6.07) is 11.6. The van der Waals surface area contributed by atoms with Gasteiger partial charge in [0.15, 0.2) is 11.5 Å². The lowest BCUT2D eigenvalue weighted by atomic mass is 9.90. The van der Waals surface area contributed by atoms with E-state index in [4.69, 9.17) is 20.3 Å². The predicted molar refractivity (Wildman–Crippen MR) is 109 cm³/mol. The summed E-state index contributed by atoms with van der Waals surface area (Å²) in [5, 5.41) is 6.43. The number of anilines is 1. The maximum Gasteiger partial charge on any atom is 0.242 e. The number of hydrazone groups is 1. The van der Waals surface area contributed by atoms with E-state index in [-0.39, 0.29) is 18.6 Å². The molecule has 0 bridgehead atoms. The first kappa shape index (κ1) is 18.3. The first-order chi connectivity index (χ1) is 13.6. The molecule has 6 heteroatoms. The first-order valence-electron chi connectivity index (χ1n) is 9.75. The van der Waals surface area contributed by atoms with Crippen LogP contribution in [0.1, 0.15) is 55.7 Å². The van der Waals surface area contributed by atoms with Crippen molar-refractivity contribution in [3.63, 3.8) is 0 Å². The van der Waals surface area contributed by atoms with E-state index < -0.39 is 0 Å². The number of nitrogen functional groups attached to an aromatic ring is 1. The van der Waals surface area contributed by atoms with Crippen molar-refractivity contribution in [2.24, 2.45) is 5.10 Å². The van der Waals surface area contributed by atoms with Gasteiger partial charge in [0.25, 0.3) is 0 Å². The van der Waals surface area contributed by atoms with Crippen molar-refractivity contribution in [2.45, 2.75) is 39.0 Å². The van der Waals surface area contributed by atoms with Crippen molar-refractivity contribution < 1.29 is 14.3 Å². The normalized spacial score (nSPS) is 17.7. The summed E-state index contributed by atoms with van der Waals surface area (Å²) < 4.78 is 11.2. The van der Waals surface area contributed by atoms with E-state index in [1.807, 2.05) is 36.4 Å². The summed E-state index contributed by atoms with van der Waals surface area (Å²) >= 11 is 0. The quantitative estimate of drug-likeness (QED) is 0.818. The van der Waals surface area contributed by atoms with Gasteiger partial charge in [0.1, 0.15) is 0 Å². The summed E-state index contributed by atoms with van der Waals surface area (Å²) in [7, 11) is 0. The summed E-state index contributed by atoms with van der Waals surface area (Å²) in [6.45, 7) is 4.96. The maximum atomic E-state index is 12.8. The van der Waals surface area contributed by atoms with E-state index >= 15 is 0 Å². The van der Waals surface area contributed by atoms with Crippen LogP contribution in [-0.2, 0) is 4.79 Å². The van der Waals surface area contributed by atoms with Gasteiger partial charge in [-0.25, -0.2) is 5.01 Å². The molecule has 28 heavy (non-hydrogen) atoms. The summed E-state index contributed by atoms with van der Waals surface area (Å²) in [4.78, 5) is 12.8. The second-order valence-corrected chi connectivity index (χ2v) is 7.34. The maximum absolute atomic E-state index is 12.8. The van der Waals surface area contributed by atoms with Gasteiger partial charge in [0.2, 0.25) is 12.7 Å². The summed E-state index contributed by atoms with van der Waals surface area (Å²) in [5.41, 5.74) is 10.3. The Kier molecular flexibility index (Phi) is 4.94. The Morgan fingerprint density at radius 3 is 2.64 bits per heavy atom. The van der Waals surface area contributed by atoms with Gasteiger partial charge in [-0.3, -0.25) is 4.79 Å². The fraction of sp³-hybridized carbons (Fsp3) is 0.364. The number of nitrogens with two attached hydrogens (primary N) is 1. The molecule has 2 aromatic rings. The lowest BCUT2D eigenvalue weighted by molar-refractivity contribution is -0.131. The van der Waals surface area contributed by atoms with Crippen LogP contribution in [0.25, 0.3) is 0 Å². The molecule has 0 radical (unpaired) electrons. The third-order valence-corrected chi connectivity index (χ3v) is 5.21.